The molecule has 5 rings (SSSR count). The van der Waals surface area contributed by atoms with Gasteiger partial charge in [-0.3, -0.25) is 9.80 Å². The zero-order chi connectivity index (χ0) is 22.3. The average Bonchev–Trinajstić information content (AvgIpc) is 3.64. The van der Waals surface area contributed by atoms with Crippen molar-refractivity contribution in [3.63, 3.8) is 0 Å². The Balaban J connectivity index is 1.42. The second-order valence-electron chi connectivity index (χ2n) is 10.7. The van der Waals surface area contributed by atoms with E-state index in [0.29, 0.717) is 6.04 Å². The number of methoxy groups -OCH3 is 1. The van der Waals surface area contributed by atoms with E-state index in [9.17, 15) is 0 Å². The summed E-state index contributed by atoms with van der Waals surface area (Å²) in [4.78, 5) is 5.03. The van der Waals surface area contributed by atoms with Crippen LogP contribution in [0.4, 0.5) is 4.39 Å². The lowest BCUT2D eigenvalue weighted by Gasteiger charge is -2.64. The molecule has 172 valence electrons. The van der Waals surface area contributed by atoms with Crippen molar-refractivity contribution in [2.45, 2.75) is 94.8 Å². The molecule has 2 saturated heterocycles. The zero-order valence-electron chi connectivity index (χ0n) is 19.8. The smallest absolute Gasteiger partial charge is 0.134 e. The van der Waals surface area contributed by atoms with E-state index in [-0.39, 0.29) is 11.6 Å². The SMILES string of the molecule is COc1ccc(CN2[C@]3(C)CCC[C@@]2(C)[C@H](F)[C@H](N(Cc2ccccc2)C2CC2)C3)cc1. The normalized spacial score (nSPS) is 32.8. The predicted octanol–water partition coefficient (Wildman–Crippen LogP) is 5.97. The fourth-order valence-electron chi connectivity index (χ4n) is 6.47. The van der Waals surface area contributed by atoms with Crippen LogP contribution in [0, 0.1) is 0 Å². The van der Waals surface area contributed by atoms with Gasteiger partial charge in [0.05, 0.1) is 12.6 Å². The Morgan fingerprint density at radius 1 is 1.00 bits per heavy atom. The number of ether oxygens (including phenoxy) is 1. The fraction of sp³-hybridized carbons (Fsp3) is 0.571. The molecule has 0 unspecified atom stereocenters. The molecule has 0 amide bonds. The summed E-state index contributed by atoms with van der Waals surface area (Å²) in [6, 6.07) is 19.5. The summed E-state index contributed by atoms with van der Waals surface area (Å²) in [5, 5.41) is 0. The number of fused-ring (bicyclic) bond motifs is 2. The van der Waals surface area contributed by atoms with Crippen molar-refractivity contribution in [1.82, 2.24) is 9.80 Å². The van der Waals surface area contributed by atoms with E-state index in [2.05, 4.69) is 66.1 Å². The Labute approximate surface area is 192 Å². The summed E-state index contributed by atoms with van der Waals surface area (Å²) in [5.74, 6) is 0.870. The van der Waals surface area contributed by atoms with Gasteiger partial charge < -0.3 is 4.74 Å². The van der Waals surface area contributed by atoms with Crippen molar-refractivity contribution in [2.24, 2.45) is 0 Å². The van der Waals surface area contributed by atoms with Crippen LogP contribution in [-0.4, -0.2) is 46.2 Å². The quantitative estimate of drug-likeness (QED) is 0.531. The molecule has 3 fully saturated rings. The lowest BCUT2D eigenvalue weighted by molar-refractivity contribution is -0.164. The Hall–Kier alpha value is -1.91. The van der Waals surface area contributed by atoms with Crippen molar-refractivity contribution >= 4 is 0 Å². The molecule has 4 heteroatoms. The maximum atomic E-state index is 16.6. The highest BCUT2D eigenvalue weighted by atomic mass is 19.1. The van der Waals surface area contributed by atoms with E-state index < -0.39 is 11.7 Å². The van der Waals surface area contributed by atoms with Gasteiger partial charge in [-0.25, -0.2) is 4.39 Å². The molecule has 3 aliphatic rings. The van der Waals surface area contributed by atoms with Gasteiger partial charge in [-0.1, -0.05) is 42.5 Å². The summed E-state index contributed by atoms with van der Waals surface area (Å²) in [6.45, 7) is 6.24. The number of piperidine rings is 2. The Bertz CT molecular complexity index is 915. The summed E-state index contributed by atoms with van der Waals surface area (Å²) in [5.41, 5.74) is 2.12. The van der Waals surface area contributed by atoms with Gasteiger partial charge >= 0.3 is 0 Å². The van der Waals surface area contributed by atoms with Crippen molar-refractivity contribution < 1.29 is 9.13 Å². The van der Waals surface area contributed by atoms with E-state index in [1.807, 2.05) is 12.1 Å². The first-order valence-corrected chi connectivity index (χ1v) is 12.3. The van der Waals surface area contributed by atoms with E-state index >= 15 is 4.39 Å². The first kappa shape index (κ1) is 21.9. The van der Waals surface area contributed by atoms with Crippen LogP contribution in [0.15, 0.2) is 54.6 Å². The number of hydrogen-bond acceptors (Lipinski definition) is 3. The first-order valence-electron chi connectivity index (χ1n) is 12.3. The van der Waals surface area contributed by atoms with Gasteiger partial charge in [-0.15, -0.1) is 0 Å². The van der Waals surface area contributed by atoms with Crippen LogP contribution in [0.5, 0.6) is 5.75 Å². The fourth-order valence-corrected chi connectivity index (χ4v) is 6.47. The van der Waals surface area contributed by atoms with Crippen LogP contribution in [-0.2, 0) is 13.1 Å². The molecular weight excluding hydrogens is 399 g/mol. The van der Waals surface area contributed by atoms with Crippen molar-refractivity contribution in [3.05, 3.63) is 65.7 Å². The van der Waals surface area contributed by atoms with Crippen LogP contribution in [0.2, 0.25) is 0 Å². The lowest BCUT2D eigenvalue weighted by atomic mass is 9.65. The molecule has 32 heavy (non-hydrogen) atoms. The number of alkyl halides is 1. The van der Waals surface area contributed by atoms with Crippen LogP contribution in [0.25, 0.3) is 0 Å². The molecule has 2 aliphatic heterocycles. The van der Waals surface area contributed by atoms with E-state index in [0.717, 1.165) is 44.5 Å². The molecule has 0 radical (unpaired) electrons. The third kappa shape index (κ3) is 3.97. The number of hydrogen-bond donors (Lipinski definition) is 0. The Morgan fingerprint density at radius 2 is 1.72 bits per heavy atom. The molecule has 2 aromatic rings. The molecule has 1 saturated carbocycles. The minimum atomic E-state index is -0.849. The Morgan fingerprint density at radius 3 is 2.38 bits per heavy atom. The van der Waals surface area contributed by atoms with E-state index in [1.54, 1.807) is 7.11 Å². The summed E-state index contributed by atoms with van der Waals surface area (Å²) < 4.78 is 21.9. The first-order chi connectivity index (χ1) is 15.4. The molecule has 0 aromatic heterocycles. The number of halogens is 1. The standard InChI is InChI=1S/C28H37FN2O/c1-27-16-7-17-28(2,31(27)20-22-10-14-24(32-3)15-11-22)26(29)25(18-27)30(23-12-13-23)19-21-8-5-4-6-9-21/h4-6,8-11,14-15,23,25-26H,7,12-13,16-20H2,1-3H3/t25-,26-,27-,28+/m1/s1. The topological polar surface area (TPSA) is 15.7 Å². The van der Waals surface area contributed by atoms with Gasteiger partial charge in [0.2, 0.25) is 0 Å². The zero-order valence-corrected chi connectivity index (χ0v) is 19.8. The minimum absolute atomic E-state index is 0.00914. The highest BCUT2D eigenvalue weighted by Crippen LogP contribution is 2.52. The molecule has 1 aliphatic carbocycles. The summed E-state index contributed by atoms with van der Waals surface area (Å²) in [6.07, 6.45) is 5.66. The summed E-state index contributed by atoms with van der Waals surface area (Å²) in [7, 11) is 1.70. The number of benzene rings is 2. The number of rotatable bonds is 7. The largest absolute Gasteiger partial charge is 0.497 e. The van der Waals surface area contributed by atoms with Crippen LogP contribution in [0.1, 0.15) is 63.5 Å². The highest BCUT2D eigenvalue weighted by Gasteiger charge is 2.60. The minimum Gasteiger partial charge on any atom is -0.497 e. The van der Waals surface area contributed by atoms with Crippen molar-refractivity contribution in [3.8, 4) is 5.75 Å². The molecule has 4 atom stereocenters. The monoisotopic (exact) mass is 436 g/mol. The maximum Gasteiger partial charge on any atom is 0.134 e. The molecule has 2 aromatic carbocycles. The van der Waals surface area contributed by atoms with Crippen LogP contribution < -0.4 is 4.74 Å². The lowest BCUT2D eigenvalue weighted by Crippen LogP contribution is -2.73. The van der Waals surface area contributed by atoms with Crippen molar-refractivity contribution in [2.75, 3.05) is 7.11 Å². The molecule has 0 spiro atoms. The number of nitrogens with zero attached hydrogens (tertiary/aromatic N) is 2. The van der Waals surface area contributed by atoms with Gasteiger partial charge in [0.25, 0.3) is 0 Å². The Kier molecular flexibility index (Phi) is 5.79. The van der Waals surface area contributed by atoms with Crippen LogP contribution >= 0.6 is 0 Å². The van der Waals surface area contributed by atoms with Gasteiger partial charge in [0.1, 0.15) is 11.9 Å². The van der Waals surface area contributed by atoms with E-state index in [4.69, 9.17) is 4.74 Å². The van der Waals surface area contributed by atoms with E-state index in [1.165, 1.54) is 24.0 Å². The second kappa shape index (κ2) is 8.46. The molecular formula is C28H37FN2O. The van der Waals surface area contributed by atoms with Crippen LogP contribution in [0.3, 0.4) is 0 Å². The molecule has 2 bridgehead atoms. The van der Waals surface area contributed by atoms with Gasteiger partial charge in [0, 0.05) is 30.7 Å². The highest BCUT2D eigenvalue weighted by molar-refractivity contribution is 5.28. The van der Waals surface area contributed by atoms with Crippen molar-refractivity contribution in [1.29, 1.82) is 0 Å². The average molecular weight is 437 g/mol. The maximum absolute atomic E-state index is 16.6. The third-order valence-corrected chi connectivity index (χ3v) is 8.40. The molecule has 2 heterocycles. The van der Waals surface area contributed by atoms with Gasteiger partial charge in [-0.05, 0) is 75.6 Å². The van der Waals surface area contributed by atoms with Gasteiger partial charge in [-0.2, -0.15) is 0 Å². The third-order valence-electron chi connectivity index (χ3n) is 8.40. The summed E-state index contributed by atoms with van der Waals surface area (Å²) >= 11 is 0. The molecule has 0 N–H and O–H groups in total. The predicted molar refractivity (Wildman–Crippen MR) is 128 cm³/mol. The molecule has 3 nitrogen and oxygen atoms in total. The van der Waals surface area contributed by atoms with Gasteiger partial charge in [0.15, 0.2) is 0 Å². The second-order valence-corrected chi connectivity index (χ2v) is 10.7.